The van der Waals surface area contributed by atoms with Crippen molar-refractivity contribution in [1.29, 1.82) is 0 Å². The van der Waals surface area contributed by atoms with Crippen LogP contribution in [0.1, 0.15) is 46.6 Å². The maximum Gasteiger partial charge on any atom is 0.276 e. The molecule has 24 heavy (non-hydrogen) atoms. The minimum atomic E-state index is -0.233. The molecule has 0 saturated heterocycles. The summed E-state index contributed by atoms with van der Waals surface area (Å²) in [6.45, 7) is 1.08. The standard InChI is InChI=1S/C18H20ClN3O2/c19-14-6-7-20-17(13(14)11-23)22-9-8-21-15-5-3-1-2-4-12(15)10-16(21)18(22)24/h6-7,10,23H,1-5,8-9,11H2. The average Bonchev–Trinajstić information content (AvgIpc) is 2.78. The Morgan fingerprint density at radius 3 is 2.88 bits per heavy atom. The second-order valence-electron chi connectivity index (χ2n) is 6.42. The fourth-order valence-corrected chi connectivity index (χ4v) is 4.05. The van der Waals surface area contributed by atoms with Crippen molar-refractivity contribution in [2.75, 3.05) is 11.4 Å². The minimum Gasteiger partial charge on any atom is -0.391 e. The first kappa shape index (κ1) is 15.7. The number of nitrogens with zero attached hydrogens (tertiary/aromatic N) is 3. The number of carbonyl (C=O) groups is 1. The van der Waals surface area contributed by atoms with E-state index in [1.807, 2.05) is 0 Å². The quantitative estimate of drug-likeness (QED) is 0.851. The van der Waals surface area contributed by atoms with E-state index in [0.717, 1.165) is 25.1 Å². The van der Waals surface area contributed by atoms with Crippen molar-refractivity contribution in [3.8, 4) is 0 Å². The minimum absolute atomic E-state index is 0.0567. The second kappa shape index (κ2) is 6.22. The fourth-order valence-electron chi connectivity index (χ4n) is 3.85. The zero-order valence-electron chi connectivity index (χ0n) is 13.5. The largest absolute Gasteiger partial charge is 0.391 e. The number of fused-ring (bicyclic) bond motifs is 3. The Morgan fingerprint density at radius 2 is 2.04 bits per heavy atom. The van der Waals surface area contributed by atoms with Crippen molar-refractivity contribution < 1.29 is 9.90 Å². The van der Waals surface area contributed by atoms with E-state index in [-0.39, 0.29) is 12.5 Å². The molecule has 6 heteroatoms. The van der Waals surface area contributed by atoms with Crippen LogP contribution in [-0.4, -0.2) is 27.1 Å². The molecule has 2 aliphatic rings. The van der Waals surface area contributed by atoms with Crippen LogP contribution in [-0.2, 0) is 26.0 Å². The molecule has 0 fully saturated rings. The van der Waals surface area contributed by atoms with Gasteiger partial charge in [-0.05, 0) is 43.4 Å². The summed E-state index contributed by atoms with van der Waals surface area (Å²) < 4.78 is 2.18. The third-order valence-corrected chi connectivity index (χ3v) is 5.41. The number of anilines is 1. The summed E-state index contributed by atoms with van der Waals surface area (Å²) >= 11 is 6.15. The molecular formula is C18H20ClN3O2. The molecule has 5 nitrogen and oxygen atoms in total. The highest BCUT2D eigenvalue weighted by Gasteiger charge is 2.31. The van der Waals surface area contributed by atoms with E-state index in [1.165, 1.54) is 30.5 Å². The predicted molar refractivity (Wildman–Crippen MR) is 92.5 cm³/mol. The Labute approximate surface area is 145 Å². The molecule has 0 unspecified atom stereocenters. The number of amides is 1. The number of aliphatic hydroxyl groups is 1. The smallest absolute Gasteiger partial charge is 0.276 e. The second-order valence-corrected chi connectivity index (χ2v) is 6.83. The molecule has 1 aliphatic heterocycles. The lowest BCUT2D eigenvalue weighted by molar-refractivity contribution is 0.0963. The van der Waals surface area contributed by atoms with Crippen LogP contribution < -0.4 is 4.90 Å². The molecule has 126 valence electrons. The Hall–Kier alpha value is -1.85. The van der Waals surface area contributed by atoms with Crippen molar-refractivity contribution >= 4 is 23.3 Å². The van der Waals surface area contributed by atoms with Gasteiger partial charge in [0.25, 0.3) is 5.91 Å². The number of aliphatic hydroxyl groups excluding tert-OH is 1. The highest BCUT2D eigenvalue weighted by atomic mass is 35.5. The Morgan fingerprint density at radius 1 is 1.21 bits per heavy atom. The summed E-state index contributed by atoms with van der Waals surface area (Å²) in [5.74, 6) is 0.413. The summed E-state index contributed by atoms with van der Waals surface area (Å²) in [5, 5.41) is 10.0. The molecule has 0 radical (unpaired) electrons. The van der Waals surface area contributed by atoms with Crippen LogP contribution in [0, 0.1) is 0 Å². The number of aromatic nitrogens is 2. The molecule has 0 atom stereocenters. The van der Waals surface area contributed by atoms with Gasteiger partial charge < -0.3 is 9.67 Å². The van der Waals surface area contributed by atoms with Gasteiger partial charge in [0.1, 0.15) is 11.5 Å². The molecular weight excluding hydrogens is 326 g/mol. The van der Waals surface area contributed by atoms with Gasteiger partial charge in [0.05, 0.1) is 11.6 Å². The lowest BCUT2D eigenvalue weighted by Gasteiger charge is -2.30. The third-order valence-electron chi connectivity index (χ3n) is 5.06. The molecule has 2 aromatic heterocycles. The molecule has 0 aromatic carbocycles. The van der Waals surface area contributed by atoms with E-state index < -0.39 is 0 Å². The van der Waals surface area contributed by atoms with Crippen LogP contribution >= 0.6 is 11.6 Å². The molecule has 1 aliphatic carbocycles. The van der Waals surface area contributed by atoms with Crippen molar-refractivity contribution in [2.24, 2.45) is 0 Å². The maximum absolute atomic E-state index is 13.0. The van der Waals surface area contributed by atoms with Crippen molar-refractivity contribution in [2.45, 2.75) is 45.3 Å². The summed E-state index contributed by atoms with van der Waals surface area (Å²) in [6, 6.07) is 3.69. The highest BCUT2D eigenvalue weighted by molar-refractivity contribution is 6.31. The van der Waals surface area contributed by atoms with E-state index in [9.17, 15) is 9.90 Å². The van der Waals surface area contributed by atoms with Crippen molar-refractivity contribution in [3.63, 3.8) is 0 Å². The van der Waals surface area contributed by atoms with Crippen LogP contribution in [0.25, 0.3) is 0 Å². The van der Waals surface area contributed by atoms with Crippen LogP contribution in [0.5, 0.6) is 0 Å². The van der Waals surface area contributed by atoms with Gasteiger partial charge in [0.15, 0.2) is 0 Å². The molecule has 0 bridgehead atoms. The number of aryl methyl sites for hydroxylation is 1. The Bertz CT molecular complexity index is 800. The van der Waals surface area contributed by atoms with E-state index >= 15 is 0 Å². The lowest BCUT2D eigenvalue weighted by atomic mass is 10.1. The van der Waals surface area contributed by atoms with E-state index in [4.69, 9.17) is 11.6 Å². The van der Waals surface area contributed by atoms with Crippen LogP contribution in [0.3, 0.4) is 0 Å². The SMILES string of the molecule is O=C1c2cc3c(n2CCN1c1nccc(Cl)c1CO)CCCCC3. The van der Waals surface area contributed by atoms with Gasteiger partial charge in [-0.15, -0.1) is 0 Å². The molecule has 2 aromatic rings. The number of rotatable bonds is 2. The molecule has 3 heterocycles. The fraction of sp³-hybridized carbons (Fsp3) is 0.444. The van der Waals surface area contributed by atoms with Gasteiger partial charge in [0.2, 0.25) is 0 Å². The molecule has 1 amide bonds. The van der Waals surface area contributed by atoms with Crippen molar-refractivity contribution in [3.05, 3.63) is 45.9 Å². The van der Waals surface area contributed by atoms with Gasteiger partial charge in [0, 0.05) is 30.5 Å². The molecule has 0 spiro atoms. The Balaban J connectivity index is 1.74. The summed E-state index contributed by atoms with van der Waals surface area (Å²) in [7, 11) is 0. The number of hydrogen-bond acceptors (Lipinski definition) is 3. The Kier molecular flexibility index (Phi) is 4.06. The monoisotopic (exact) mass is 345 g/mol. The zero-order chi connectivity index (χ0) is 16.7. The molecule has 0 saturated carbocycles. The van der Waals surface area contributed by atoms with E-state index in [1.54, 1.807) is 17.2 Å². The van der Waals surface area contributed by atoms with E-state index in [0.29, 0.717) is 22.9 Å². The molecule has 1 N–H and O–H groups in total. The number of carbonyl (C=O) groups excluding carboxylic acids is 1. The van der Waals surface area contributed by atoms with Crippen LogP contribution in [0.15, 0.2) is 18.3 Å². The van der Waals surface area contributed by atoms with Gasteiger partial charge >= 0.3 is 0 Å². The maximum atomic E-state index is 13.0. The molecule has 4 rings (SSSR count). The first-order valence-electron chi connectivity index (χ1n) is 8.48. The predicted octanol–water partition coefficient (Wildman–Crippen LogP) is 2.96. The van der Waals surface area contributed by atoms with E-state index in [2.05, 4.69) is 15.6 Å². The third kappa shape index (κ3) is 2.43. The first-order valence-corrected chi connectivity index (χ1v) is 8.86. The topological polar surface area (TPSA) is 58.4 Å². The van der Waals surface area contributed by atoms with Gasteiger partial charge in [-0.3, -0.25) is 9.69 Å². The lowest BCUT2D eigenvalue weighted by Crippen LogP contribution is -2.41. The van der Waals surface area contributed by atoms with Crippen LogP contribution in [0.2, 0.25) is 5.02 Å². The van der Waals surface area contributed by atoms with Gasteiger partial charge in [-0.25, -0.2) is 4.98 Å². The summed E-state index contributed by atoms with van der Waals surface area (Å²) in [4.78, 5) is 19.0. The normalized spacial score (nSPS) is 17.4. The number of pyridine rings is 1. The number of hydrogen-bond donors (Lipinski definition) is 1. The van der Waals surface area contributed by atoms with Gasteiger partial charge in [-0.1, -0.05) is 18.0 Å². The zero-order valence-corrected chi connectivity index (χ0v) is 14.2. The van der Waals surface area contributed by atoms with Gasteiger partial charge in [-0.2, -0.15) is 0 Å². The summed E-state index contributed by atoms with van der Waals surface area (Å²) in [5.41, 5.74) is 3.89. The average molecular weight is 346 g/mol. The summed E-state index contributed by atoms with van der Waals surface area (Å²) in [6.07, 6.45) is 7.33. The van der Waals surface area contributed by atoms with Crippen molar-refractivity contribution in [1.82, 2.24) is 9.55 Å². The van der Waals surface area contributed by atoms with Crippen LogP contribution in [0.4, 0.5) is 5.82 Å². The first-order chi connectivity index (χ1) is 11.7. The highest BCUT2D eigenvalue weighted by Crippen LogP contribution is 2.31. The number of halogens is 1.